The fraction of sp³-hybridized carbons (Fsp3) is 0.435. The number of nitrogens with zero attached hydrogens (tertiary/aromatic N) is 2. The average Bonchev–Trinajstić information content (AvgIpc) is 2.99. The van der Waals surface area contributed by atoms with E-state index in [0.717, 1.165) is 38.3 Å². The van der Waals surface area contributed by atoms with Crippen LogP contribution in [0.4, 0.5) is 5.69 Å². The number of anilines is 1. The predicted octanol–water partition coefficient (Wildman–Crippen LogP) is 4.66. The lowest BCUT2D eigenvalue weighted by atomic mass is 10.1. The normalized spacial score (nSPS) is 13.5. The van der Waals surface area contributed by atoms with Crippen molar-refractivity contribution in [2.75, 3.05) is 24.5 Å². The molecule has 0 radical (unpaired) electrons. The molecule has 1 aliphatic heterocycles. The first-order chi connectivity index (χ1) is 12.8. The first kappa shape index (κ1) is 18.7. The summed E-state index contributed by atoms with van der Waals surface area (Å²) in [5.41, 5.74) is 3.69. The summed E-state index contributed by atoms with van der Waals surface area (Å²) in [7, 11) is 0. The Kier molecular flexibility index (Phi) is 6.84. The molecule has 0 aromatic heterocycles. The molecular weight excluding hydrogens is 320 g/mol. The molecular formula is C23H30N2O. The Morgan fingerprint density at radius 2 is 1.65 bits per heavy atom. The van der Waals surface area contributed by atoms with Crippen LogP contribution in [-0.2, 0) is 17.8 Å². The third kappa shape index (κ3) is 4.95. The number of rotatable bonds is 10. The first-order valence-corrected chi connectivity index (χ1v) is 9.92. The van der Waals surface area contributed by atoms with Crippen LogP contribution >= 0.6 is 0 Å². The van der Waals surface area contributed by atoms with E-state index in [1.165, 1.54) is 30.4 Å². The lowest BCUT2D eigenvalue weighted by molar-refractivity contribution is -0.117. The number of unbranched alkanes of at least 4 members (excludes halogenated alkanes) is 3. The van der Waals surface area contributed by atoms with Crippen molar-refractivity contribution in [3.63, 3.8) is 0 Å². The summed E-state index contributed by atoms with van der Waals surface area (Å²) < 4.78 is 0. The van der Waals surface area contributed by atoms with Gasteiger partial charge in [0.25, 0.3) is 0 Å². The van der Waals surface area contributed by atoms with E-state index in [1.54, 1.807) is 0 Å². The molecule has 0 spiro atoms. The molecule has 0 saturated heterocycles. The molecule has 1 heterocycles. The Morgan fingerprint density at radius 3 is 2.46 bits per heavy atom. The van der Waals surface area contributed by atoms with Crippen LogP contribution in [-0.4, -0.2) is 30.4 Å². The van der Waals surface area contributed by atoms with Crippen LogP contribution in [0.2, 0.25) is 0 Å². The Morgan fingerprint density at radius 1 is 0.923 bits per heavy atom. The summed E-state index contributed by atoms with van der Waals surface area (Å²) in [4.78, 5) is 16.7. The van der Waals surface area contributed by atoms with E-state index in [9.17, 15) is 4.79 Å². The number of carbonyl (C=O) groups excluding carboxylic acids is 1. The van der Waals surface area contributed by atoms with Crippen molar-refractivity contribution in [2.24, 2.45) is 0 Å². The zero-order chi connectivity index (χ0) is 18.2. The van der Waals surface area contributed by atoms with Gasteiger partial charge in [0.05, 0.1) is 6.42 Å². The molecule has 1 amide bonds. The van der Waals surface area contributed by atoms with Crippen molar-refractivity contribution >= 4 is 11.6 Å². The third-order valence-corrected chi connectivity index (χ3v) is 5.23. The number of amides is 1. The van der Waals surface area contributed by atoms with Crippen LogP contribution in [0, 0.1) is 0 Å². The molecule has 0 saturated carbocycles. The predicted molar refractivity (Wildman–Crippen MR) is 108 cm³/mol. The Hall–Kier alpha value is -2.13. The highest BCUT2D eigenvalue weighted by atomic mass is 16.2. The fourth-order valence-electron chi connectivity index (χ4n) is 3.71. The van der Waals surface area contributed by atoms with Crippen molar-refractivity contribution < 1.29 is 4.79 Å². The molecule has 0 bridgehead atoms. The molecule has 3 rings (SSSR count). The van der Waals surface area contributed by atoms with Gasteiger partial charge in [-0.25, -0.2) is 0 Å². The van der Waals surface area contributed by atoms with Crippen molar-refractivity contribution in [2.45, 2.75) is 45.6 Å². The second kappa shape index (κ2) is 9.54. The van der Waals surface area contributed by atoms with Gasteiger partial charge in [-0.3, -0.25) is 9.69 Å². The van der Waals surface area contributed by atoms with Crippen LogP contribution in [0.1, 0.15) is 43.7 Å². The van der Waals surface area contributed by atoms with Crippen molar-refractivity contribution in [3.8, 4) is 0 Å². The van der Waals surface area contributed by atoms with Gasteiger partial charge in [-0.15, -0.1) is 0 Å². The van der Waals surface area contributed by atoms with Gasteiger partial charge >= 0.3 is 0 Å². The summed E-state index contributed by atoms with van der Waals surface area (Å²) in [5, 5.41) is 0. The topological polar surface area (TPSA) is 23.6 Å². The molecule has 3 nitrogen and oxygen atoms in total. The molecule has 0 aliphatic carbocycles. The van der Waals surface area contributed by atoms with E-state index in [1.807, 2.05) is 17.0 Å². The van der Waals surface area contributed by atoms with Gasteiger partial charge in [0.1, 0.15) is 0 Å². The van der Waals surface area contributed by atoms with Gasteiger partial charge < -0.3 is 4.90 Å². The van der Waals surface area contributed by atoms with Crippen LogP contribution in [0.5, 0.6) is 0 Å². The zero-order valence-corrected chi connectivity index (χ0v) is 15.9. The molecule has 0 N–H and O–H groups in total. The van der Waals surface area contributed by atoms with Crippen LogP contribution in [0.3, 0.4) is 0 Å². The minimum absolute atomic E-state index is 0.256. The third-order valence-electron chi connectivity index (χ3n) is 5.23. The van der Waals surface area contributed by atoms with Gasteiger partial charge in [0, 0.05) is 18.8 Å². The smallest absolute Gasteiger partial charge is 0.231 e. The van der Waals surface area contributed by atoms with E-state index in [4.69, 9.17) is 0 Å². The summed E-state index contributed by atoms with van der Waals surface area (Å²) in [5.74, 6) is 0.256. The summed E-state index contributed by atoms with van der Waals surface area (Å²) in [6, 6.07) is 18.9. The minimum Gasteiger partial charge on any atom is -0.312 e. The fourth-order valence-corrected chi connectivity index (χ4v) is 3.71. The maximum Gasteiger partial charge on any atom is 0.231 e. The lowest BCUT2D eigenvalue weighted by Crippen LogP contribution is -2.27. The van der Waals surface area contributed by atoms with Crippen molar-refractivity contribution in [1.29, 1.82) is 0 Å². The molecule has 0 fully saturated rings. The molecule has 26 heavy (non-hydrogen) atoms. The number of hydrogen-bond donors (Lipinski definition) is 0. The molecule has 2 aromatic rings. The van der Waals surface area contributed by atoms with E-state index in [0.29, 0.717) is 6.42 Å². The van der Waals surface area contributed by atoms with Gasteiger partial charge in [-0.2, -0.15) is 0 Å². The minimum atomic E-state index is 0.256. The molecule has 1 aliphatic rings. The number of para-hydroxylation sites is 1. The standard InChI is InChI=1S/C23H30N2O/c1-2-24(19-20-12-6-5-7-13-20)16-10-3-4-11-17-25-22-15-9-8-14-21(22)18-23(25)26/h5-9,12-15H,2-4,10-11,16-19H2,1H3. The zero-order valence-electron chi connectivity index (χ0n) is 15.9. The van der Waals surface area contributed by atoms with Crippen LogP contribution < -0.4 is 4.90 Å². The molecule has 0 unspecified atom stereocenters. The summed E-state index contributed by atoms with van der Waals surface area (Å²) in [6.07, 6.45) is 5.31. The van der Waals surface area contributed by atoms with Crippen molar-refractivity contribution in [3.05, 3.63) is 65.7 Å². The average molecular weight is 351 g/mol. The van der Waals surface area contributed by atoms with Gasteiger partial charge in [-0.1, -0.05) is 68.3 Å². The lowest BCUT2D eigenvalue weighted by Gasteiger charge is -2.20. The van der Waals surface area contributed by atoms with Gasteiger partial charge in [0.15, 0.2) is 0 Å². The number of carbonyl (C=O) groups is 1. The highest BCUT2D eigenvalue weighted by Gasteiger charge is 2.25. The van der Waals surface area contributed by atoms with Gasteiger partial charge in [-0.05, 0) is 43.1 Å². The Balaban J connectivity index is 1.34. The number of hydrogen-bond acceptors (Lipinski definition) is 2. The van der Waals surface area contributed by atoms with E-state index in [2.05, 4.69) is 54.3 Å². The largest absolute Gasteiger partial charge is 0.312 e. The van der Waals surface area contributed by atoms with Crippen LogP contribution in [0.25, 0.3) is 0 Å². The molecule has 0 atom stereocenters. The molecule has 3 heteroatoms. The SMILES string of the molecule is CCN(CCCCCCN1C(=O)Cc2ccccc21)Cc1ccccc1. The highest BCUT2D eigenvalue weighted by molar-refractivity contribution is 6.01. The highest BCUT2D eigenvalue weighted by Crippen LogP contribution is 2.28. The summed E-state index contributed by atoms with van der Waals surface area (Å²) >= 11 is 0. The molecule has 2 aromatic carbocycles. The first-order valence-electron chi connectivity index (χ1n) is 9.92. The Labute approximate surface area is 157 Å². The number of fused-ring (bicyclic) bond motifs is 1. The Bertz CT molecular complexity index is 698. The second-order valence-corrected chi connectivity index (χ2v) is 7.12. The van der Waals surface area contributed by atoms with E-state index < -0.39 is 0 Å². The van der Waals surface area contributed by atoms with Crippen molar-refractivity contribution in [1.82, 2.24) is 4.90 Å². The van der Waals surface area contributed by atoms with Gasteiger partial charge in [0.2, 0.25) is 5.91 Å². The van der Waals surface area contributed by atoms with Crippen LogP contribution in [0.15, 0.2) is 54.6 Å². The number of benzene rings is 2. The molecule has 138 valence electrons. The second-order valence-electron chi connectivity index (χ2n) is 7.12. The quantitative estimate of drug-likeness (QED) is 0.582. The maximum atomic E-state index is 12.2. The summed E-state index contributed by atoms with van der Waals surface area (Å²) in [6.45, 7) is 6.37. The van der Waals surface area contributed by atoms with E-state index >= 15 is 0 Å². The monoisotopic (exact) mass is 350 g/mol. The van der Waals surface area contributed by atoms with E-state index in [-0.39, 0.29) is 5.91 Å². The maximum absolute atomic E-state index is 12.2.